The Bertz CT molecular complexity index is 1700. The van der Waals surface area contributed by atoms with E-state index in [-0.39, 0.29) is 34.3 Å². The molecule has 2 aliphatic rings. The maximum absolute atomic E-state index is 15.0. The first-order chi connectivity index (χ1) is 20.3. The summed E-state index contributed by atoms with van der Waals surface area (Å²) in [5, 5.41) is 9.82. The van der Waals surface area contributed by atoms with Crippen LogP contribution in [0.1, 0.15) is 21.5 Å². The number of nitrogens with zero attached hydrogens (tertiary/aromatic N) is 4. The van der Waals surface area contributed by atoms with Crippen LogP contribution >= 0.6 is 0 Å². The number of aromatic nitrogens is 2. The van der Waals surface area contributed by atoms with E-state index in [2.05, 4.69) is 20.7 Å². The fourth-order valence-corrected chi connectivity index (χ4v) is 5.30. The van der Waals surface area contributed by atoms with E-state index in [0.717, 1.165) is 6.54 Å². The second-order valence-corrected chi connectivity index (χ2v) is 10.5. The molecule has 42 heavy (non-hydrogen) atoms. The molecular weight excluding hydrogens is 542 g/mol. The lowest BCUT2D eigenvalue weighted by atomic mass is 10.0. The minimum Gasteiger partial charge on any atom is -0.477 e. The first-order valence-corrected chi connectivity index (χ1v) is 13.5. The maximum atomic E-state index is 15.0. The minimum atomic E-state index is -1.44. The Morgan fingerprint density at radius 1 is 1.02 bits per heavy atom. The summed E-state index contributed by atoms with van der Waals surface area (Å²) < 4.78 is 37.5. The van der Waals surface area contributed by atoms with Gasteiger partial charge in [-0.05, 0) is 32.3 Å². The van der Waals surface area contributed by atoms with Crippen LogP contribution in [0.4, 0.5) is 14.5 Å². The van der Waals surface area contributed by atoms with E-state index in [4.69, 9.17) is 4.74 Å². The van der Waals surface area contributed by atoms with E-state index < -0.39 is 29.6 Å². The van der Waals surface area contributed by atoms with Crippen molar-refractivity contribution in [1.82, 2.24) is 20.0 Å². The number of benzene rings is 3. The van der Waals surface area contributed by atoms with Crippen molar-refractivity contribution in [3.8, 4) is 17.1 Å². The number of hydrogen-bond acceptors (Lipinski definition) is 6. The Balaban J connectivity index is 1.41. The van der Waals surface area contributed by atoms with Crippen LogP contribution in [0.2, 0.25) is 0 Å². The quantitative estimate of drug-likeness (QED) is 0.366. The third kappa shape index (κ3) is 5.14. The van der Waals surface area contributed by atoms with Crippen molar-refractivity contribution in [2.75, 3.05) is 32.6 Å². The number of benzodiazepines with no additional fused rings is 1. The number of ether oxygens (including phenoxy) is 1. The van der Waals surface area contributed by atoms with Crippen molar-refractivity contribution in [3.63, 3.8) is 0 Å². The fourth-order valence-electron chi connectivity index (χ4n) is 5.30. The van der Waals surface area contributed by atoms with E-state index in [0.29, 0.717) is 30.0 Å². The molecule has 0 radical (unpaired) electrons. The topological polar surface area (TPSA) is 101 Å². The largest absolute Gasteiger partial charge is 0.477 e. The molecule has 3 heterocycles. The average Bonchev–Trinajstić information content (AvgIpc) is 3.28. The van der Waals surface area contributed by atoms with Crippen molar-refractivity contribution >= 4 is 23.2 Å². The minimum absolute atomic E-state index is 0.0133. The normalized spacial score (nSPS) is 17.8. The first-order valence-electron chi connectivity index (χ1n) is 13.5. The number of nitrogens with one attached hydrogen (secondary N) is 2. The summed E-state index contributed by atoms with van der Waals surface area (Å²) in [7, 11) is 3.91. The monoisotopic (exact) mass is 570 g/mol. The molecule has 0 aliphatic carbocycles. The van der Waals surface area contributed by atoms with Crippen molar-refractivity contribution in [2.24, 2.45) is 10.9 Å². The molecule has 2 aliphatic heterocycles. The van der Waals surface area contributed by atoms with Crippen LogP contribution in [-0.4, -0.2) is 65.6 Å². The molecule has 3 aromatic carbocycles. The van der Waals surface area contributed by atoms with Gasteiger partial charge in [0.25, 0.3) is 11.8 Å². The molecule has 11 heteroatoms. The number of fused-ring (bicyclic) bond motifs is 2. The number of aliphatic imine (C=N–C) groups is 1. The van der Waals surface area contributed by atoms with E-state index in [1.54, 1.807) is 47.1 Å². The van der Waals surface area contributed by atoms with Gasteiger partial charge in [-0.2, -0.15) is 5.10 Å². The van der Waals surface area contributed by atoms with Crippen molar-refractivity contribution in [3.05, 3.63) is 101 Å². The lowest BCUT2D eigenvalue weighted by Crippen LogP contribution is -2.42. The molecule has 2 N–H and O–H groups in total. The van der Waals surface area contributed by atoms with Crippen LogP contribution in [0.5, 0.6) is 5.88 Å². The highest BCUT2D eigenvalue weighted by molar-refractivity contribution is 6.20. The number of carbonyl (C=O) groups excluding carboxylic acids is 2. The van der Waals surface area contributed by atoms with E-state index in [1.807, 2.05) is 25.1 Å². The van der Waals surface area contributed by atoms with Crippen molar-refractivity contribution < 1.29 is 23.1 Å². The predicted octanol–water partition coefficient (Wildman–Crippen LogP) is 3.94. The van der Waals surface area contributed by atoms with Gasteiger partial charge in [-0.3, -0.25) is 9.59 Å². The molecule has 0 saturated heterocycles. The lowest BCUT2D eigenvalue weighted by molar-refractivity contribution is -0.117. The Morgan fingerprint density at radius 2 is 1.74 bits per heavy atom. The van der Waals surface area contributed by atoms with Crippen molar-refractivity contribution in [1.29, 1.82) is 0 Å². The number of amides is 2. The zero-order valence-electron chi connectivity index (χ0n) is 23.0. The predicted molar refractivity (Wildman–Crippen MR) is 154 cm³/mol. The Morgan fingerprint density at radius 3 is 2.50 bits per heavy atom. The van der Waals surface area contributed by atoms with Crippen LogP contribution in [0, 0.1) is 17.6 Å². The Labute approximate surface area is 240 Å². The molecule has 2 atom stereocenters. The molecular formula is C31H28F2N6O3. The summed E-state index contributed by atoms with van der Waals surface area (Å²) in [6, 6.07) is 19.4. The van der Waals surface area contributed by atoms with Crippen molar-refractivity contribution in [2.45, 2.75) is 12.7 Å². The van der Waals surface area contributed by atoms with E-state index >= 15 is 0 Å². The van der Waals surface area contributed by atoms with Gasteiger partial charge >= 0.3 is 0 Å². The fraction of sp³-hybridized carbons (Fsp3) is 0.226. The summed E-state index contributed by atoms with van der Waals surface area (Å²) in [4.78, 5) is 33.9. The van der Waals surface area contributed by atoms with E-state index in [9.17, 15) is 18.4 Å². The van der Waals surface area contributed by atoms with Crippen LogP contribution in [0.15, 0.2) is 77.8 Å². The molecule has 9 nitrogen and oxygen atoms in total. The number of anilines is 1. The molecule has 1 aromatic heterocycles. The zero-order valence-corrected chi connectivity index (χ0v) is 23.0. The van der Waals surface area contributed by atoms with Crippen LogP contribution < -0.4 is 15.4 Å². The summed E-state index contributed by atoms with van der Waals surface area (Å²) in [6.45, 7) is 1.51. The maximum Gasteiger partial charge on any atom is 0.269 e. The van der Waals surface area contributed by atoms with Gasteiger partial charge in [0.2, 0.25) is 12.0 Å². The van der Waals surface area contributed by atoms with Crippen LogP contribution in [0.25, 0.3) is 11.3 Å². The highest BCUT2D eigenvalue weighted by atomic mass is 19.1. The highest BCUT2D eigenvalue weighted by Crippen LogP contribution is 2.35. The summed E-state index contributed by atoms with van der Waals surface area (Å²) >= 11 is 0. The lowest BCUT2D eigenvalue weighted by Gasteiger charge is -2.26. The van der Waals surface area contributed by atoms with E-state index in [1.165, 1.54) is 24.3 Å². The average molecular weight is 571 g/mol. The first kappa shape index (κ1) is 27.3. The van der Waals surface area contributed by atoms with Gasteiger partial charge in [0.05, 0.1) is 24.6 Å². The Hall–Kier alpha value is -4.90. The number of rotatable bonds is 6. The molecule has 0 saturated carbocycles. The second-order valence-electron chi connectivity index (χ2n) is 10.5. The number of hydrogen-bond donors (Lipinski definition) is 2. The summed E-state index contributed by atoms with van der Waals surface area (Å²) in [5.74, 6) is -2.39. The number of halogens is 2. The SMILES string of the molecule is CN(C)CC1COc2c(C(=O)N[C@H]3N=C(c4ccccc4)c4cccc(F)c4NC3=O)c(-c3ccccc3F)nn2C1. The molecule has 0 spiro atoms. The molecule has 4 aromatic rings. The van der Waals surface area contributed by atoms with Gasteiger partial charge in [0, 0.05) is 29.2 Å². The second kappa shape index (κ2) is 11.2. The van der Waals surface area contributed by atoms with Gasteiger partial charge in [-0.1, -0.05) is 54.6 Å². The van der Waals surface area contributed by atoms with Gasteiger partial charge in [0.15, 0.2) is 0 Å². The summed E-state index contributed by atoms with van der Waals surface area (Å²) in [6.07, 6.45) is -1.44. The zero-order chi connectivity index (χ0) is 29.4. The van der Waals surface area contributed by atoms with Gasteiger partial charge in [0.1, 0.15) is 22.9 Å². The number of carbonyl (C=O) groups is 2. The summed E-state index contributed by atoms with van der Waals surface area (Å²) in [5.41, 5.74) is 1.48. The molecule has 6 rings (SSSR count). The molecule has 2 amide bonds. The molecule has 1 unspecified atom stereocenters. The van der Waals surface area contributed by atoms with Crippen LogP contribution in [-0.2, 0) is 11.3 Å². The number of para-hydroxylation sites is 1. The molecule has 214 valence electrons. The van der Waals surface area contributed by atoms with Crippen LogP contribution in [0.3, 0.4) is 0 Å². The van der Waals surface area contributed by atoms with Gasteiger partial charge in [-0.15, -0.1) is 0 Å². The standard InChI is InChI=1S/C31H28F2N6O3/c1-38(2)15-18-16-39-31(42-17-18)24(27(37-39)20-11-6-7-13-22(20)32)29(40)36-28-30(41)35-26-21(12-8-14-23(26)33)25(34-28)19-9-4-3-5-10-19/h3-14,18,28H,15-17H2,1-2H3,(H,35,41)(H,36,40)/t18?,28-/m1/s1. The molecule has 0 fully saturated rings. The van der Waals surface area contributed by atoms with Gasteiger partial charge in [-0.25, -0.2) is 18.5 Å². The molecule has 0 bridgehead atoms. The third-order valence-corrected chi connectivity index (χ3v) is 7.11. The van der Waals surface area contributed by atoms with Gasteiger partial charge < -0.3 is 20.3 Å². The third-order valence-electron chi connectivity index (χ3n) is 7.11. The Kier molecular flexibility index (Phi) is 7.26. The highest BCUT2D eigenvalue weighted by Gasteiger charge is 2.35. The smallest absolute Gasteiger partial charge is 0.269 e.